The smallest absolute Gasteiger partial charge is 0.350 e. The number of carbonyl (C=O) groups is 2. The largest absolute Gasteiger partial charge is 0.497 e. The van der Waals surface area contributed by atoms with E-state index in [2.05, 4.69) is 4.99 Å². The van der Waals surface area contributed by atoms with Crippen molar-refractivity contribution < 1.29 is 19.1 Å². The van der Waals surface area contributed by atoms with Gasteiger partial charge in [0.1, 0.15) is 10.6 Å². The van der Waals surface area contributed by atoms with Crippen molar-refractivity contribution in [3.8, 4) is 5.75 Å². The molecule has 2 aromatic rings. The van der Waals surface area contributed by atoms with Gasteiger partial charge < -0.3 is 14.0 Å². The van der Waals surface area contributed by atoms with Crippen molar-refractivity contribution in [2.45, 2.75) is 13.8 Å². The Morgan fingerprint density at radius 3 is 2.74 bits per heavy atom. The Bertz CT molecular complexity index is 805. The van der Waals surface area contributed by atoms with E-state index in [4.69, 9.17) is 9.47 Å². The average Bonchev–Trinajstić information content (AvgIpc) is 2.83. The Morgan fingerprint density at radius 2 is 2.09 bits per heavy atom. The second-order valence-corrected chi connectivity index (χ2v) is 5.71. The first-order valence-electron chi connectivity index (χ1n) is 7.04. The Morgan fingerprint density at radius 1 is 1.35 bits per heavy atom. The molecule has 0 radical (unpaired) electrons. The maximum absolute atomic E-state index is 12.3. The first-order valence-corrected chi connectivity index (χ1v) is 7.86. The van der Waals surface area contributed by atoms with Crippen LogP contribution in [-0.2, 0) is 11.8 Å². The number of benzene rings is 1. The van der Waals surface area contributed by atoms with E-state index in [0.717, 1.165) is 11.3 Å². The van der Waals surface area contributed by atoms with Crippen LogP contribution in [0.25, 0.3) is 0 Å². The van der Waals surface area contributed by atoms with E-state index in [1.807, 2.05) is 0 Å². The number of rotatable bonds is 4. The third-order valence-corrected chi connectivity index (χ3v) is 4.50. The molecule has 122 valence electrons. The summed E-state index contributed by atoms with van der Waals surface area (Å²) in [6.45, 7) is 3.84. The summed E-state index contributed by atoms with van der Waals surface area (Å²) in [6.07, 6.45) is 0. The van der Waals surface area contributed by atoms with Gasteiger partial charge in [-0.15, -0.1) is 0 Å². The monoisotopic (exact) mass is 334 g/mol. The number of carbonyl (C=O) groups excluding carboxylic acids is 2. The third-order valence-electron chi connectivity index (χ3n) is 3.29. The number of hydrogen-bond donors (Lipinski definition) is 0. The molecule has 0 bridgehead atoms. The molecule has 23 heavy (non-hydrogen) atoms. The number of nitrogens with zero attached hydrogens (tertiary/aromatic N) is 2. The predicted molar refractivity (Wildman–Crippen MR) is 86.9 cm³/mol. The van der Waals surface area contributed by atoms with Crippen molar-refractivity contribution in [1.82, 2.24) is 4.57 Å². The van der Waals surface area contributed by atoms with Gasteiger partial charge in [-0.2, -0.15) is 4.99 Å². The van der Waals surface area contributed by atoms with Crippen molar-refractivity contribution in [2.75, 3.05) is 13.7 Å². The highest BCUT2D eigenvalue weighted by Crippen LogP contribution is 2.15. The molecule has 0 N–H and O–H groups in total. The summed E-state index contributed by atoms with van der Waals surface area (Å²) in [5.74, 6) is -0.206. The number of methoxy groups -OCH3 is 1. The van der Waals surface area contributed by atoms with E-state index >= 15 is 0 Å². The summed E-state index contributed by atoms with van der Waals surface area (Å²) < 4.78 is 11.8. The highest BCUT2D eigenvalue weighted by Gasteiger charge is 2.16. The van der Waals surface area contributed by atoms with Crippen LogP contribution in [0.3, 0.4) is 0 Å². The number of thiazole rings is 1. The predicted octanol–water partition coefficient (Wildman–Crippen LogP) is 2.32. The van der Waals surface area contributed by atoms with Gasteiger partial charge in [0.2, 0.25) is 0 Å². The van der Waals surface area contributed by atoms with Crippen LogP contribution in [0.2, 0.25) is 0 Å². The molecular weight excluding hydrogens is 316 g/mol. The van der Waals surface area contributed by atoms with E-state index in [1.165, 1.54) is 7.11 Å². The van der Waals surface area contributed by atoms with Crippen LogP contribution < -0.4 is 9.54 Å². The lowest BCUT2D eigenvalue weighted by atomic mass is 10.2. The molecule has 0 saturated carbocycles. The van der Waals surface area contributed by atoms with Crippen LogP contribution in [0.15, 0.2) is 29.3 Å². The Hall–Kier alpha value is -2.41. The molecule has 0 saturated heterocycles. The normalized spacial score (nSPS) is 11.4. The maximum Gasteiger partial charge on any atom is 0.350 e. The van der Waals surface area contributed by atoms with Gasteiger partial charge in [0.15, 0.2) is 4.80 Å². The van der Waals surface area contributed by atoms with Crippen LogP contribution in [0, 0.1) is 6.92 Å². The molecular formula is C16H18N2O4S. The first-order chi connectivity index (χ1) is 11.0. The fourth-order valence-corrected chi connectivity index (χ4v) is 2.93. The third kappa shape index (κ3) is 3.68. The Kier molecular flexibility index (Phi) is 5.33. The Balaban J connectivity index is 2.41. The molecule has 0 aliphatic rings. The summed E-state index contributed by atoms with van der Waals surface area (Å²) in [5, 5.41) is 0. The molecule has 0 aliphatic carbocycles. The van der Waals surface area contributed by atoms with Gasteiger partial charge in [-0.05, 0) is 32.0 Å². The number of hydrogen-bond acceptors (Lipinski definition) is 5. The summed E-state index contributed by atoms with van der Waals surface area (Å²) in [4.78, 5) is 29.2. The zero-order chi connectivity index (χ0) is 17.0. The number of esters is 1. The Labute approximate surface area is 138 Å². The van der Waals surface area contributed by atoms with Gasteiger partial charge in [0.05, 0.1) is 13.7 Å². The summed E-state index contributed by atoms with van der Waals surface area (Å²) >= 11 is 1.14. The van der Waals surface area contributed by atoms with Gasteiger partial charge in [-0.1, -0.05) is 17.4 Å². The van der Waals surface area contributed by atoms with E-state index < -0.39 is 11.9 Å². The highest BCUT2D eigenvalue weighted by molar-refractivity contribution is 7.11. The minimum Gasteiger partial charge on any atom is -0.497 e. The second kappa shape index (κ2) is 7.23. The summed E-state index contributed by atoms with van der Waals surface area (Å²) in [6, 6.07) is 6.77. The van der Waals surface area contributed by atoms with E-state index in [1.54, 1.807) is 49.7 Å². The van der Waals surface area contributed by atoms with Gasteiger partial charge in [-0.25, -0.2) is 4.79 Å². The minimum atomic E-state index is -0.402. The molecule has 1 heterocycles. The fourth-order valence-electron chi connectivity index (χ4n) is 1.92. The van der Waals surface area contributed by atoms with Crippen LogP contribution in [-0.4, -0.2) is 30.2 Å². The van der Waals surface area contributed by atoms with Crippen molar-refractivity contribution in [2.24, 2.45) is 12.0 Å². The summed E-state index contributed by atoms with van der Waals surface area (Å²) in [7, 11) is 3.29. The highest BCUT2D eigenvalue weighted by atomic mass is 32.1. The molecule has 6 nitrogen and oxygen atoms in total. The molecule has 1 amide bonds. The molecule has 0 aliphatic heterocycles. The van der Waals surface area contributed by atoms with Gasteiger partial charge in [0, 0.05) is 18.3 Å². The molecule has 1 aromatic carbocycles. The maximum atomic E-state index is 12.3. The van der Waals surface area contributed by atoms with Gasteiger partial charge >= 0.3 is 5.97 Å². The zero-order valence-corrected chi connectivity index (χ0v) is 14.3. The second-order valence-electron chi connectivity index (χ2n) is 4.73. The van der Waals surface area contributed by atoms with E-state index in [0.29, 0.717) is 33.3 Å². The number of amides is 1. The molecule has 0 spiro atoms. The van der Waals surface area contributed by atoms with Crippen molar-refractivity contribution in [1.29, 1.82) is 0 Å². The van der Waals surface area contributed by atoms with E-state index in [-0.39, 0.29) is 0 Å². The van der Waals surface area contributed by atoms with Crippen molar-refractivity contribution >= 4 is 23.2 Å². The molecule has 0 atom stereocenters. The standard InChI is InChI=1S/C16H18N2O4S/c1-5-22-15(20)13-10(2)18(3)16(23-13)17-14(19)11-7-6-8-12(9-11)21-4/h6-9H,5H2,1-4H3. The minimum absolute atomic E-state index is 0.301. The number of aromatic nitrogens is 1. The van der Waals surface area contributed by atoms with Gasteiger partial charge in [-0.3, -0.25) is 4.79 Å². The SMILES string of the molecule is CCOC(=O)c1sc(=NC(=O)c2cccc(OC)c2)n(C)c1C. The molecule has 1 aromatic heterocycles. The lowest BCUT2D eigenvalue weighted by Crippen LogP contribution is -2.14. The van der Waals surface area contributed by atoms with Crippen LogP contribution in [0.1, 0.15) is 32.6 Å². The van der Waals surface area contributed by atoms with Crippen LogP contribution in [0.5, 0.6) is 5.75 Å². The quantitative estimate of drug-likeness (QED) is 0.805. The lowest BCUT2D eigenvalue weighted by Gasteiger charge is -2.01. The van der Waals surface area contributed by atoms with Crippen LogP contribution in [0.4, 0.5) is 0 Å². The zero-order valence-electron chi connectivity index (χ0n) is 13.5. The fraction of sp³-hybridized carbons (Fsp3) is 0.312. The number of ether oxygens (including phenoxy) is 2. The summed E-state index contributed by atoms with van der Waals surface area (Å²) in [5.41, 5.74) is 1.14. The van der Waals surface area contributed by atoms with Crippen molar-refractivity contribution in [3.05, 3.63) is 45.2 Å². The lowest BCUT2D eigenvalue weighted by molar-refractivity contribution is 0.0530. The molecule has 0 unspecified atom stereocenters. The molecule has 2 rings (SSSR count). The van der Waals surface area contributed by atoms with Crippen molar-refractivity contribution in [3.63, 3.8) is 0 Å². The van der Waals surface area contributed by atoms with Crippen LogP contribution >= 0.6 is 11.3 Å². The first kappa shape index (κ1) is 17.0. The molecule has 0 fully saturated rings. The average molecular weight is 334 g/mol. The van der Waals surface area contributed by atoms with Gasteiger partial charge in [0.25, 0.3) is 5.91 Å². The topological polar surface area (TPSA) is 69.9 Å². The van der Waals surface area contributed by atoms with E-state index in [9.17, 15) is 9.59 Å². The molecule has 7 heteroatoms.